The molecule has 9 heavy (non-hydrogen) atoms. The molecule has 1 rings (SSSR count). The van der Waals surface area contributed by atoms with Crippen LogP contribution in [0.2, 0.25) is 0 Å². The summed E-state index contributed by atoms with van der Waals surface area (Å²) >= 11 is 0. The molecule has 1 atom stereocenters. The first-order valence-corrected chi connectivity index (χ1v) is 3.09. The van der Waals surface area contributed by atoms with Crippen molar-refractivity contribution in [3.63, 3.8) is 0 Å². The summed E-state index contributed by atoms with van der Waals surface area (Å²) in [4.78, 5) is 0. The van der Waals surface area contributed by atoms with Crippen molar-refractivity contribution in [1.29, 1.82) is 0 Å². The fourth-order valence-electron chi connectivity index (χ4n) is 0.817. The Hall–Kier alpha value is -0.760. The number of nitrogens with one attached hydrogen (secondary N) is 2. The fraction of sp³-hybridized carbons (Fsp3) is 0.429. The van der Waals surface area contributed by atoms with Crippen LogP contribution in [-0.4, -0.2) is 6.04 Å². The maximum atomic E-state index is 3.79. The van der Waals surface area contributed by atoms with Crippen molar-refractivity contribution in [2.24, 2.45) is 0 Å². The highest BCUT2D eigenvalue weighted by atomic mass is 15.4. The Balaban J connectivity index is 2.72. The molecule has 50 valence electrons. The van der Waals surface area contributed by atoms with Crippen molar-refractivity contribution in [2.45, 2.75) is 19.9 Å². The Morgan fingerprint density at radius 1 is 1.67 bits per heavy atom. The summed E-state index contributed by atoms with van der Waals surface area (Å²) in [6.45, 7) is 7.92. The van der Waals surface area contributed by atoms with Crippen LogP contribution in [0.4, 0.5) is 0 Å². The number of hydrogen-bond donors (Lipinski definition) is 2. The van der Waals surface area contributed by atoms with Crippen LogP contribution in [0.1, 0.15) is 13.8 Å². The van der Waals surface area contributed by atoms with Crippen LogP contribution in [0.3, 0.4) is 0 Å². The van der Waals surface area contributed by atoms with Gasteiger partial charge in [0.2, 0.25) is 0 Å². The molecule has 0 aliphatic carbocycles. The number of rotatable bonds is 0. The first-order chi connectivity index (χ1) is 4.20. The van der Waals surface area contributed by atoms with E-state index in [0.717, 1.165) is 5.70 Å². The molecule has 0 spiro atoms. The van der Waals surface area contributed by atoms with E-state index in [0.29, 0.717) is 6.04 Å². The molecule has 1 aliphatic rings. The average Bonchev–Trinajstić information content (AvgIpc) is 1.80. The van der Waals surface area contributed by atoms with Crippen LogP contribution in [0, 0.1) is 0 Å². The summed E-state index contributed by atoms with van der Waals surface area (Å²) in [7, 11) is 0. The lowest BCUT2D eigenvalue weighted by atomic mass is 10.1. The van der Waals surface area contributed by atoms with E-state index >= 15 is 0 Å². The van der Waals surface area contributed by atoms with Crippen molar-refractivity contribution >= 4 is 0 Å². The minimum absolute atomic E-state index is 0.412. The zero-order valence-corrected chi connectivity index (χ0v) is 5.86. The Labute approximate surface area is 55.6 Å². The van der Waals surface area contributed by atoms with Gasteiger partial charge in [0.25, 0.3) is 0 Å². The van der Waals surface area contributed by atoms with Gasteiger partial charge in [-0.1, -0.05) is 12.7 Å². The molecule has 2 nitrogen and oxygen atoms in total. The van der Waals surface area contributed by atoms with Crippen LogP contribution in [0.15, 0.2) is 23.9 Å². The van der Waals surface area contributed by atoms with E-state index in [9.17, 15) is 0 Å². The van der Waals surface area contributed by atoms with E-state index in [2.05, 4.69) is 30.4 Å². The van der Waals surface area contributed by atoms with Crippen molar-refractivity contribution < 1.29 is 0 Å². The molecule has 0 aromatic rings. The van der Waals surface area contributed by atoms with Crippen LogP contribution >= 0.6 is 0 Å². The first kappa shape index (κ1) is 6.36. The lowest BCUT2D eigenvalue weighted by Crippen LogP contribution is -2.40. The molecule has 0 bridgehead atoms. The Kier molecular flexibility index (Phi) is 1.58. The number of allylic oxidation sites excluding steroid dienone is 1. The lowest BCUT2D eigenvalue weighted by Gasteiger charge is -2.21. The van der Waals surface area contributed by atoms with Gasteiger partial charge in [-0.3, -0.25) is 0 Å². The van der Waals surface area contributed by atoms with Crippen LogP contribution < -0.4 is 10.9 Å². The maximum absolute atomic E-state index is 3.79. The second-order valence-electron chi connectivity index (χ2n) is 2.39. The van der Waals surface area contributed by atoms with Gasteiger partial charge in [-0.15, -0.1) is 0 Å². The van der Waals surface area contributed by atoms with Gasteiger partial charge in [0, 0.05) is 11.7 Å². The molecule has 0 aromatic heterocycles. The molecular formula is C7H12N2. The van der Waals surface area contributed by atoms with Crippen molar-refractivity contribution in [3.8, 4) is 0 Å². The Morgan fingerprint density at radius 2 is 2.33 bits per heavy atom. The van der Waals surface area contributed by atoms with E-state index in [1.807, 2.05) is 6.92 Å². The van der Waals surface area contributed by atoms with Gasteiger partial charge in [0.15, 0.2) is 0 Å². The van der Waals surface area contributed by atoms with Crippen LogP contribution in [0.5, 0.6) is 0 Å². The van der Waals surface area contributed by atoms with E-state index < -0.39 is 0 Å². The van der Waals surface area contributed by atoms with E-state index in [-0.39, 0.29) is 0 Å². The highest BCUT2D eigenvalue weighted by molar-refractivity contribution is 5.27. The largest absolute Gasteiger partial charge is 0.321 e. The molecule has 1 unspecified atom stereocenters. The van der Waals surface area contributed by atoms with Gasteiger partial charge >= 0.3 is 0 Å². The highest BCUT2D eigenvalue weighted by Crippen LogP contribution is 2.07. The normalized spacial score (nSPS) is 27.1. The van der Waals surface area contributed by atoms with Gasteiger partial charge < -0.3 is 5.43 Å². The Bertz CT molecular complexity index is 158. The maximum Gasteiger partial charge on any atom is 0.0442 e. The second kappa shape index (κ2) is 2.23. The smallest absolute Gasteiger partial charge is 0.0442 e. The first-order valence-electron chi connectivity index (χ1n) is 3.09. The molecule has 0 amide bonds. The quantitative estimate of drug-likeness (QED) is 0.502. The minimum Gasteiger partial charge on any atom is -0.321 e. The van der Waals surface area contributed by atoms with Crippen molar-refractivity contribution in [2.75, 3.05) is 0 Å². The molecule has 2 N–H and O–H groups in total. The van der Waals surface area contributed by atoms with E-state index in [1.54, 1.807) is 0 Å². The molecule has 1 aliphatic heterocycles. The highest BCUT2D eigenvalue weighted by Gasteiger charge is 2.05. The molecule has 0 radical (unpaired) electrons. The summed E-state index contributed by atoms with van der Waals surface area (Å²) in [6, 6.07) is 0.412. The third kappa shape index (κ3) is 1.33. The van der Waals surface area contributed by atoms with Gasteiger partial charge in [0.05, 0.1) is 0 Å². The van der Waals surface area contributed by atoms with Crippen molar-refractivity contribution in [1.82, 2.24) is 10.9 Å². The molecule has 0 aromatic carbocycles. The molecule has 0 saturated carbocycles. The van der Waals surface area contributed by atoms with E-state index in [1.165, 1.54) is 5.57 Å². The van der Waals surface area contributed by atoms with Crippen LogP contribution in [-0.2, 0) is 0 Å². The molecule has 0 fully saturated rings. The summed E-state index contributed by atoms with van der Waals surface area (Å²) in [5, 5.41) is 0. The lowest BCUT2D eigenvalue weighted by molar-refractivity contribution is 0.538. The van der Waals surface area contributed by atoms with E-state index in [4.69, 9.17) is 0 Å². The summed E-state index contributed by atoms with van der Waals surface area (Å²) in [5.74, 6) is 0. The predicted molar refractivity (Wildman–Crippen MR) is 38.6 cm³/mol. The van der Waals surface area contributed by atoms with Crippen LogP contribution in [0.25, 0.3) is 0 Å². The predicted octanol–water partition coefficient (Wildman–Crippen LogP) is 0.943. The minimum atomic E-state index is 0.412. The molecular weight excluding hydrogens is 112 g/mol. The summed E-state index contributed by atoms with van der Waals surface area (Å²) in [5.41, 5.74) is 8.19. The van der Waals surface area contributed by atoms with Gasteiger partial charge in [-0.05, 0) is 19.4 Å². The zero-order chi connectivity index (χ0) is 6.85. The molecule has 0 saturated heterocycles. The molecule has 1 heterocycles. The average molecular weight is 124 g/mol. The zero-order valence-electron chi connectivity index (χ0n) is 5.86. The number of hydrogen-bond acceptors (Lipinski definition) is 2. The SMILES string of the molecule is C=C1NNC(C)C=C1C. The second-order valence-corrected chi connectivity index (χ2v) is 2.39. The fourth-order valence-corrected chi connectivity index (χ4v) is 0.817. The van der Waals surface area contributed by atoms with Gasteiger partial charge in [-0.25, -0.2) is 5.43 Å². The summed E-state index contributed by atoms with van der Waals surface area (Å²) < 4.78 is 0. The standard InChI is InChI=1S/C7H12N2/c1-5-4-6(2)8-9-7(5)3/h4,6,8-9H,3H2,1-2H3. The number of hydrazine groups is 1. The third-order valence-electron chi connectivity index (χ3n) is 1.43. The third-order valence-corrected chi connectivity index (χ3v) is 1.43. The Morgan fingerprint density at radius 3 is 2.78 bits per heavy atom. The monoisotopic (exact) mass is 124 g/mol. The molecule has 2 heteroatoms. The topological polar surface area (TPSA) is 24.1 Å². The van der Waals surface area contributed by atoms with Gasteiger partial charge in [0.1, 0.15) is 0 Å². The van der Waals surface area contributed by atoms with Crippen molar-refractivity contribution in [3.05, 3.63) is 23.9 Å². The summed E-state index contributed by atoms with van der Waals surface area (Å²) in [6.07, 6.45) is 2.14. The van der Waals surface area contributed by atoms with Gasteiger partial charge in [-0.2, -0.15) is 0 Å².